The average molecular weight is 140 g/mol. The van der Waals surface area contributed by atoms with Crippen molar-refractivity contribution in [3.8, 4) is 0 Å². The zero-order valence-corrected chi connectivity index (χ0v) is 6.89. The largest absolute Gasteiger partial charge is 0.299 e. The highest BCUT2D eigenvalue weighted by molar-refractivity contribution is 5.83. The predicted octanol–water partition coefficient (Wildman–Crippen LogP) is 2.40. The molecule has 1 aliphatic rings. The Labute approximate surface area is 62.8 Å². The molecule has 1 nitrogen and oxygen atoms in total. The molecule has 1 unspecified atom stereocenters. The van der Waals surface area contributed by atoms with Gasteiger partial charge in [0.05, 0.1) is 0 Å². The smallest absolute Gasteiger partial charge is 0.138 e. The van der Waals surface area contributed by atoms with Crippen molar-refractivity contribution in [2.45, 2.75) is 39.5 Å². The SMILES string of the molecule is CCC(C)C(=O)C1CCC1. The normalized spacial score (nSPS) is 21.8. The lowest BCUT2D eigenvalue weighted by atomic mass is 9.78. The average Bonchev–Trinajstić information content (AvgIpc) is 1.82. The Morgan fingerprint density at radius 1 is 1.60 bits per heavy atom. The van der Waals surface area contributed by atoms with Crippen molar-refractivity contribution in [1.82, 2.24) is 0 Å². The lowest BCUT2D eigenvalue weighted by Gasteiger charge is -2.26. The molecule has 1 fully saturated rings. The minimum atomic E-state index is 0.310. The summed E-state index contributed by atoms with van der Waals surface area (Å²) in [6.07, 6.45) is 4.59. The fourth-order valence-electron chi connectivity index (χ4n) is 1.30. The highest BCUT2D eigenvalue weighted by Crippen LogP contribution is 2.30. The van der Waals surface area contributed by atoms with E-state index in [1.54, 1.807) is 0 Å². The second kappa shape index (κ2) is 3.18. The third kappa shape index (κ3) is 1.39. The van der Waals surface area contributed by atoms with Crippen LogP contribution in [0.3, 0.4) is 0 Å². The maximum absolute atomic E-state index is 11.4. The van der Waals surface area contributed by atoms with Gasteiger partial charge < -0.3 is 0 Å². The Balaban J connectivity index is 2.32. The molecule has 1 saturated carbocycles. The molecule has 0 saturated heterocycles. The van der Waals surface area contributed by atoms with Crippen LogP contribution in [0.4, 0.5) is 0 Å². The molecular weight excluding hydrogens is 124 g/mol. The summed E-state index contributed by atoms with van der Waals surface area (Å²) in [5, 5.41) is 0. The highest BCUT2D eigenvalue weighted by atomic mass is 16.1. The van der Waals surface area contributed by atoms with E-state index in [4.69, 9.17) is 0 Å². The zero-order valence-electron chi connectivity index (χ0n) is 6.89. The summed E-state index contributed by atoms with van der Waals surface area (Å²) in [5.74, 6) is 1.26. The minimum Gasteiger partial charge on any atom is -0.299 e. The molecular formula is C9H16O. The van der Waals surface area contributed by atoms with Gasteiger partial charge in [-0.1, -0.05) is 20.3 Å². The lowest BCUT2D eigenvalue weighted by molar-refractivity contribution is -0.128. The van der Waals surface area contributed by atoms with Crippen molar-refractivity contribution >= 4 is 5.78 Å². The molecule has 0 aromatic heterocycles. The Hall–Kier alpha value is -0.330. The van der Waals surface area contributed by atoms with Gasteiger partial charge in [-0.15, -0.1) is 0 Å². The number of Topliss-reactive ketones (excluding diaryl/α,β-unsaturated/α-hetero) is 1. The summed E-state index contributed by atoms with van der Waals surface area (Å²) >= 11 is 0. The third-order valence-electron chi connectivity index (χ3n) is 2.61. The highest BCUT2D eigenvalue weighted by Gasteiger charge is 2.27. The van der Waals surface area contributed by atoms with Crippen LogP contribution in [0.5, 0.6) is 0 Å². The van der Waals surface area contributed by atoms with E-state index in [1.165, 1.54) is 6.42 Å². The lowest BCUT2D eigenvalue weighted by Crippen LogP contribution is -2.26. The monoisotopic (exact) mass is 140 g/mol. The van der Waals surface area contributed by atoms with E-state index in [9.17, 15) is 4.79 Å². The molecule has 0 amide bonds. The van der Waals surface area contributed by atoms with Crippen LogP contribution in [0.25, 0.3) is 0 Å². The van der Waals surface area contributed by atoms with Gasteiger partial charge in [0.15, 0.2) is 0 Å². The molecule has 0 heterocycles. The van der Waals surface area contributed by atoms with Gasteiger partial charge in [-0.25, -0.2) is 0 Å². The minimum absolute atomic E-state index is 0.310. The fraction of sp³-hybridized carbons (Fsp3) is 0.889. The van der Waals surface area contributed by atoms with E-state index in [-0.39, 0.29) is 0 Å². The maximum Gasteiger partial charge on any atom is 0.138 e. The van der Waals surface area contributed by atoms with Crippen molar-refractivity contribution in [2.75, 3.05) is 0 Å². The summed E-state index contributed by atoms with van der Waals surface area (Å²) in [5.41, 5.74) is 0. The summed E-state index contributed by atoms with van der Waals surface area (Å²) < 4.78 is 0. The van der Waals surface area contributed by atoms with Gasteiger partial charge in [-0.3, -0.25) is 4.79 Å². The van der Waals surface area contributed by atoms with E-state index in [0.29, 0.717) is 17.6 Å². The summed E-state index contributed by atoms with van der Waals surface area (Å²) in [6, 6.07) is 0. The number of ketones is 1. The second-order valence-electron chi connectivity index (χ2n) is 3.34. The van der Waals surface area contributed by atoms with E-state index < -0.39 is 0 Å². The van der Waals surface area contributed by atoms with E-state index in [0.717, 1.165) is 19.3 Å². The summed E-state index contributed by atoms with van der Waals surface area (Å²) in [4.78, 5) is 11.4. The van der Waals surface area contributed by atoms with Gasteiger partial charge in [-0.05, 0) is 19.3 Å². The van der Waals surface area contributed by atoms with Crippen LogP contribution in [0.15, 0.2) is 0 Å². The molecule has 1 heteroatoms. The van der Waals surface area contributed by atoms with Gasteiger partial charge >= 0.3 is 0 Å². The van der Waals surface area contributed by atoms with Gasteiger partial charge in [0, 0.05) is 11.8 Å². The first-order valence-electron chi connectivity index (χ1n) is 4.29. The topological polar surface area (TPSA) is 17.1 Å². The molecule has 1 aliphatic carbocycles. The standard InChI is InChI=1S/C9H16O/c1-3-7(2)9(10)8-5-4-6-8/h7-8H,3-6H2,1-2H3. The van der Waals surface area contributed by atoms with Crippen LogP contribution < -0.4 is 0 Å². The number of hydrogen-bond acceptors (Lipinski definition) is 1. The van der Waals surface area contributed by atoms with Gasteiger partial charge in [-0.2, -0.15) is 0 Å². The summed E-state index contributed by atoms with van der Waals surface area (Å²) in [6.45, 7) is 4.13. The first-order valence-corrected chi connectivity index (χ1v) is 4.29. The number of carbonyl (C=O) groups is 1. The summed E-state index contributed by atoms with van der Waals surface area (Å²) in [7, 11) is 0. The molecule has 0 aromatic rings. The molecule has 0 aliphatic heterocycles. The van der Waals surface area contributed by atoms with Crippen LogP contribution in [0.2, 0.25) is 0 Å². The van der Waals surface area contributed by atoms with Gasteiger partial charge in [0.1, 0.15) is 5.78 Å². The maximum atomic E-state index is 11.4. The second-order valence-corrected chi connectivity index (χ2v) is 3.34. The van der Waals surface area contributed by atoms with E-state index in [1.807, 2.05) is 6.92 Å². The molecule has 1 atom stereocenters. The van der Waals surface area contributed by atoms with E-state index >= 15 is 0 Å². The van der Waals surface area contributed by atoms with Crippen molar-refractivity contribution in [1.29, 1.82) is 0 Å². The van der Waals surface area contributed by atoms with Crippen LogP contribution in [-0.4, -0.2) is 5.78 Å². The first-order chi connectivity index (χ1) is 4.75. The van der Waals surface area contributed by atoms with Crippen LogP contribution in [0.1, 0.15) is 39.5 Å². The Bertz CT molecular complexity index is 118. The molecule has 0 spiro atoms. The first kappa shape index (κ1) is 7.77. The Morgan fingerprint density at radius 3 is 2.50 bits per heavy atom. The predicted molar refractivity (Wildman–Crippen MR) is 41.8 cm³/mol. The molecule has 10 heavy (non-hydrogen) atoms. The molecule has 0 bridgehead atoms. The Morgan fingerprint density at radius 2 is 2.20 bits per heavy atom. The van der Waals surface area contributed by atoms with Crippen LogP contribution in [-0.2, 0) is 4.79 Å². The van der Waals surface area contributed by atoms with Crippen LogP contribution in [0, 0.1) is 11.8 Å². The van der Waals surface area contributed by atoms with E-state index in [2.05, 4.69) is 6.92 Å². The number of hydrogen-bond donors (Lipinski definition) is 0. The van der Waals surface area contributed by atoms with Crippen LogP contribution >= 0.6 is 0 Å². The number of rotatable bonds is 3. The van der Waals surface area contributed by atoms with Gasteiger partial charge in [0.2, 0.25) is 0 Å². The van der Waals surface area contributed by atoms with Crippen molar-refractivity contribution in [2.24, 2.45) is 11.8 Å². The fourth-order valence-corrected chi connectivity index (χ4v) is 1.30. The van der Waals surface area contributed by atoms with Crippen molar-refractivity contribution < 1.29 is 4.79 Å². The molecule has 58 valence electrons. The van der Waals surface area contributed by atoms with Gasteiger partial charge in [0.25, 0.3) is 0 Å². The Kier molecular flexibility index (Phi) is 2.47. The van der Waals surface area contributed by atoms with Crippen molar-refractivity contribution in [3.05, 3.63) is 0 Å². The molecule has 0 radical (unpaired) electrons. The third-order valence-corrected chi connectivity index (χ3v) is 2.61. The molecule has 1 rings (SSSR count). The molecule has 0 N–H and O–H groups in total. The zero-order chi connectivity index (χ0) is 7.56. The number of carbonyl (C=O) groups excluding carboxylic acids is 1. The molecule has 0 aromatic carbocycles. The van der Waals surface area contributed by atoms with Crippen molar-refractivity contribution in [3.63, 3.8) is 0 Å². The quantitative estimate of drug-likeness (QED) is 0.588.